The molecule has 1 N–H and O–H groups in total. The summed E-state index contributed by atoms with van der Waals surface area (Å²) in [4.78, 5) is 14.4. The van der Waals surface area contributed by atoms with Crippen molar-refractivity contribution in [2.24, 2.45) is 0 Å². The maximum atomic E-state index is 13.7. The van der Waals surface area contributed by atoms with Crippen molar-refractivity contribution in [3.05, 3.63) is 40.7 Å². The summed E-state index contributed by atoms with van der Waals surface area (Å²) in [6, 6.07) is 6.99. The second-order valence-corrected chi connectivity index (χ2v) is 4.99. The molecule has 0 spiro atoms. The molecule has 1 saturated heterocycles. The van der Waals surface area contributed by atoms with Gasteiger partial charge in [-0.2, -0.15) is 4.79 Å². The van der Waals surface area contributed by atoms with Crippen molar-refractivity contribution in [3.63, 3.8) is 0 Å². The molecule has 1 fully saturated rings. The summed E-state index contributed by atoms with van der Waals surface area (Å²) in [5.74, 6) is 0. The Bertz CT molecular complexity index is 667. The van der Waals surface area contributed by atoms with Gasteiger partial charge in [-0.1, -0.05) is 4.48 Å². The van der Waals surface area contributed by atoms with Gasteiger partial charge in [0.15, 0.2) is 5.43 Å². The molecule has 0 radical (unpaired) electrons. The van der Waals surface area contributed by atoms with Gasteiger partial charge in [-0.05, 0) is 25.1 Å². The zero-order valence-corrected chi connectivity index (χ0v) is 10.8. The van der Waals surface area contributed by atoms with Crippen molar-refractivity contribution in [1.29, 1.82) is 0 Å². The van der Waals surface area contributed by atoms with Gasteiger partial charge >= 0.3 is 0 Å². The van der Waals surface area contributed by atoms with E-state index < -0.39 is 0 Å². The Morgan fingerprint density at radius 2 is 2.21 bits per heavy atom. The molecule has 0 aliphatic carbocycles. The van der Waals surface area contributed by atoms with Crippen LogP contribution >= 0.6 is 0 Å². The van der Waals surface area contributed by atoms with Gasteiger partial charge in [0, 0.05) is 49.0 Å². The Balaban J connectivity index is 2.06. The molecule has 2 heterocycles. The van der Waals surface area contributed by atoms with E-state index in [0.717, 1.165) is 31.5 Å². The zero-order valence-electron chi connectivity index (χ0n) is 10.8. The van der Waals surface area contributed by atoms with Gasteiger partial charge in [0.1, 0.15) is 0 Å². The number of pyridine rings is 1. The first-order valence-electron chi connectivity index (χ1n) is 6.45. The van der Waals surface area contributed by atoms with E-state index in [1.54, 1.807) is 12.1 Å². The maximum absolute atomic E-state index is 13.7. The van der Waals surface area contributed by atoms with Crippen LogP contribution in [0.3, 0.4) is 0 Å². The lowest BCUT2D eigenvalue weighted by molar-refractivity contribution is 0.384. The third-order valence-electron chi connectivity index (χ3n) is 3.57. The van der Waals surface area contributed by atoms with Gasteiger partial charge in [0.2, 0.25) is 0 Å². The lowest BCUT2D eigenvalue weighted by Gasteiger charge is -2.33. The van der Waals surface area contributed by atoms with Crippen molar-refractivity contribution >= 4 is 16.6 Å². The Kier molecular flexibility index (Phi) is 2.98. The quantitative estimate of drug-likeness (QED) is 0.846. The van der Waals surface area contributed by atoms with Gasteiger partial charge in [0.25, 0.3) is 0 Å². The first-order chi connectivity index (χ1) is 9.15. The highest BCUT2D eigenvalue weighted by atomic mass is 19.2. The van der Waals surface area contributed by atoms with Crippen LogP contribution in [-0.2, 0) is 0 Å². The Morgan fingerprint density at radius 1 is 1.37 bits per heavy atom. The minimum Gasteiger partial charge on any atom is -0.369 e. The molecule has 0 saturated carbocycles. The predicted octanol–water partition coefficient (Wildman–Crippen LogP) is 1.53. The minimum absolute atomic E-state index is 0.149. The molecular formula is C14H16FN3O. The second kappa shape index (κ2) is 4.66. The van der Waals surface area contributed by atoms with Gasteiger partial charge in [0.05, 0.1) is 5.52 Å². The summed E-state index contributed by atoms with van der Waals surface area (Å²) < 4.78 is 13.7. The molecule has 1 aliphatic rings. The monoisotopic (exact) mass is 261 g/mol. The molecule has 1 unspecified atom stereocenters. The number of nitrogens with zero attached hydrogens (tertiary/aromatic N) is 2. The molecule has 1 aliphatic heterocycles. The molecule has 2 aromatic rings. The summed E-state index contributed by atoms with van der Waals surface area (Å²) >= 11 is 0. The van der Waals surface area contributed by atoms with E-state index in [1.165, 1.54) is 6.07 Å². The Hall–Kier alpha value is -1.88. The number of hydrogen-bond donors (Lipinski definition) is 1. The highest BCUT2D eigenvalue weighted by Gasteiger charge is 2.16. The molecule has 4 nitrogen and oxygen atoms in total. The number of benzene rings is 1. The maximum Gasteiger partial charge on any atom is 0.189 e. The van der Waals surface area contributed by atoms with Crippen LogP contribution < -0.4 is 15.6 Å². The van der Waals surface area contributed by atoms with E-state index in [-0.39, 0.29) is 5.43 Å². The second-order valence-electron chi connectivity index (χ2n) is 4.99. The van der Waals surface area contributed by atoms with E-state index in [9.17, 15) is 9.28 Å². The average Bonchev–Trinajstić information content (AvgIpc) is 2.43. The number of nitrogens with one attached hydrogen (secondary N) is 1. The number of fused-ring (bicyclic) bond motifs is 1. The molecule has 19 heavy (non-hydrogen) atoms. The van der Waals surface area contributed by atoms with Gasteiger partial charge in [-0.3, -0.25) is 4.79 Å². The Morgan fingerprint density at radius 3 is 3.00 bits per heavy atom. The van der Waals surface area contributed by atoms with Crippen LogP contribution in [0.4, 0.5) is 10.2 Å². The molecule has 3 rings (SSSR count). The van der Waals surface area contributed by atoms with E-state index in [0.29, 0.717) is 21.7 Å². The fourth-order valence-corrected chi connectivity index (χ4v) is 2.57. The molecule has 5 heteroatoms. The van der Waals surface area contributed by atoms with E-state index >= 15 is 0 Å². The minimum atomic E-state index is -0.149. The van der Waals surface area contributed by atoms with Crippen molar-refractivity contribution < 1.29 is 4.48 Å². The number of halogens is 1. The van der Waals surface area contributed by atoms with Gasteiger partial charge in [-0.15, -0.1) is 0 Å². The van der Waals surface area contributed by atoms with Crippen LogP contribution in [0.1, 0.15) is 6.92 Å². The van der Waals surface area contributed by atoms with Crippen LogP contribution in [0.15, 0.2) is 35.3 Å². The third kappa shape index (κ3) is 2.21. The van der Waals surface area contributed by atoms with Gasteiger partial charge < -0.3 is 10.2 Å². The lowest BCUT2D eigenvalue weighted by Crippen LogP contribution is -2.49. The highest BCUT2D eigenvalue weighted by molar-refractivity contribution is 5.82. The third-order valence-corrected chi connectivity index (χ3v) is 3.57. The molecule has 0 bridgehead atoms. The average molecular weight is 261 g/mol. The predicted molar refractivity (Wildman–Crippen MR) is 74.4 cm³/mol. The molecule has 100 valence electrons. The molecule has 1 aromatic carbocycles. The normalized spacial score (nSPS) is 19.9. The zero-order chi connectivity index (χ0) is 13.4. The first kappa shape index (κ1) is 12.2. The number of rotatable bonds is 1. The molecule has 1 atom stereocenters. The summed E-state index contributed by atoms with van der Waals surface area (Å²) in [5.41, 5.74) is 1.14. The SMILES string of the molecule is CC1CN(c2ccc3c(=O)ccn(F)c3c2)CCN1. The topological polar surface area (TPSA) is 37.3 Å². The van der Waals surface area contributed by atoms with Crippen LogP contribution in [0.25, 0.3) is 10.9 Å². The highest BCUT2D eigenvalue weighted by Crippen LogP contribution is 2.21. The van der Waals surface area contributed by atoms with E-state index in [4.69, 9.17) is 0 Å². The van der Waals surface area contributed by atoms with E-state index in [1.807, 2.05) is 6.07 Å². The van der Waals surface area contributed by atoms with Crippen molar-refractivity contribution in [3.8, 4) is 0 Å². The fourth-order valence-electron chi connectivity index (χ4n) is 2.57. The van der Waals surface area contributed by atoms with Crippen LogP contribution in [0.5, 0.6) is 0 Å². The van der Waals surface area contributed by atoms with Crippen molar-refractivity contribution in [2.45, 2.75) is 13.0 Å². The summed E-state index contributed by atoms with van der Waals surface area (Å²) in [5, 5.41) is 3.78. The largest absolute Gasteiger partial charge is 0.369 e. The number of hydrogen-bond acceptors (Lipinski definition) is 3. The smallest absolute Gasteiger partial charge is 0.189 e. The Labute approximate surface area is 110 Å². The molecular weight excluding hydrogens is 245 g/mol. The van der Waals surface area contributed by atoms with Crippen LogP contribution in [0.2, 0.25) is 0 Å². The standard InChI is InChI=1S/C14H16FN3O/c1-10-9-17(7-5-16-10)11-2-3-12-13(8-11)18(15)6-4-14(12)19/h2-4,6,8,10,16H,5,7,9H2,1H3. The number of aromatic nitrogens is 1. The van der Waals surface area contributed by atoms with Crippen LogP contribution in [-0.4, -0.2) is 30.5 Å². The lowest BCUT2D eigenvalue weighted by atomic mass is 10.1. The molecule has 1 aromatic heterocycles. The van der Waals surface area contributed by atoms with E-state index in [2.05, 4.69) is 17.1 Å². The first-order valence-corrected chi connectivity index (χ1v) is 6.45. The fraction of sp³-hybridized carbons (Fsp3) is 0.357. The number of anilines is 1. The summed E-state index contributed by atoms with van der Waals surface area (Å²) in [6.45, 7) is 4.81. The van der Waals surface area contributed by atoms with Crippen molar-refractivity contribution in [2.75, 3.05) is 24.5 Å². The van der Waals surface area contributed by atoms with Crippen molar-refractivity contribution in [1.82, 2.24) is 10.1 Å². The summed E-state index contributed by atoms with van der Waals surface area (Å²) in [6.07, 6.45) is 1.16. The van der Waals surface area contributed by atoms with Crippen LogP contribution in [0, 0.1) is 0 Å². The molecule has 0 amide bonds. The van der Waals surface area contributed by atoms with Gasteiger partial charge in [-0.25, -0.2) is 0 Å². The summed E-state index contributed by atoms with van der Waals surface area (Å²) in [7, 11) is 0. The number of piperazine rings is 1.